The maximum atomic E-state index is 5.70. The zero-order valence-corrected chi connectivity index (χ0v) is 15.8. The van der Waals surface area contributed by atoms with Crippen LogP contribution in [0.5, 0.6) is 0 Å². The van der Waals surface area contributed by atoms with Crippen molar-refractivity contribution in [1.82, 2.24) is 29.2 Å². The monoisotopic (exact) mass is 381 g/mol. The lowest BCUT2D eigenvalue weighted by Gasteiger charge is -2.35. The van der Waals surface area contributed by atoms with Gasteiger partial charge in [-0.25, -0.2) is 9.97 Å². The lowest BCUT2D eigenvalue weighted by molar-refractivity contribution is 0.204. The fourth-order valence-electron chi connectivity index (χ4n) is 3.65. The Hall–Kier alpha value is -2.78. The number of hydrogen-bond donors (Lipinski definition) is 0. The Morgan fingerprint density at radius 2 is 1.93 bits per heavy atom. The minimum absolute atomic E-state index is 0.520. The van der Waals surface area contributed by atoms with E-state index in [1.54, 1.807) is 11.0 Å². The van der Waals surface area contributed by atoms with E-state index in [0.29, 0.717) is 4.84 Å². The number of fused-ring (bicyclic) bond motifs is 2. The summed E-state index contributed by atoms with van der Waals surface area (Å²) in [5.74, 6) is 0.957. The van der Waals surface area contributed by atoms with Gasteiger partial charge in [0.05, 0.1) is 23.8 Å². The van der Waals surface area contributed by atoms with E-state index in [9.17, 15) is 0 Å². The zero-order chi connectivity index (χ0) is 18.4. The maximum Gasteiger partial charge on any atom is 0.270 e. The van der Waals surface area contributed by atoms with Crippen molar-refractivity contribution >= 4 is 40.2 Å². The lowest BCUT2D eigenvalue weighted by Crippen LogP contribution is -2.47. The fraction of sp³-hybridized carbons (Fsp3) is 0.333. The van der Waals surface area contributed by atoms with Crippen LogP contribution in [0.15, 0.2) is 41.2 Å². The lowest BCUT2D eigenvalue weighted by atomic mass is 10.3. The van der Waals surface area contributed by atoms with Crippen LogP contribution in [0.1, 0.15) is 0 Å². The quantitative estimate of drug-likeness (QED) is 0.505. The third-order valence-electron chi connectivity index (χ3n) is 5.10. The number of piperazine rings is 1. The Labute approximate surface area is 160 Å². The number of oxazole rings is 1. The summed E-state index contributed by atoms with van der Waals surface area (Å²) in [4.78, 5) is 14.0. The highest BCUT2D eigenvalue weighted by Gasteiger charge is 2.22. The topological polar surface area (TPSA) is 68.2 Å². The first-order chi connectivity index (χ1) is 13.2. The molecule has 1 aliphatic heterocycles. The number of rotatable bonds is 3. The molecule has 1 aliphatic rings. The number of para-hydroxylation sites is 2. The Kier molecular flexibility index (Phi) is 3.91. The third kappa shape index (κ3) is 2.79. The van der Waals surface area contributed by atoms with E-state index >= 15 is 0 Å². The Bertz CT molecular complexity index is 1170. The van der Waals surface area contributed by atoms with Gasteiger partial charge in [0.2, 0.25) is 0 Å². The molecule has 4 heterocycles. The second-order valence-electron chi connectivity index (χ2n) is 6.71. The molecule has 9 heteroatoms. The van der Waals surface area contributed by atoms with Crippen LogP contribution >= 0.6 is 12.2 Å². The molecular formula is C18H19N7OS. The third-order valence-corrected chi connectivity index (χ3v) is 5.40. The number of anilines is 1. The zero-order valence-electron chi connectivity index (χ0n) is 14.9. The van der Waals surface area contributed by atoms with Crippen LogP contribution in [0.4, 0.5) is 5.82 Å². The Morgan fingerprint density at radius 1 is 1.11 bits per heavy atom. The van der Waals surface area contributed by atoms with Gasteiger partial charge in [0.15, 0.2) is 11.2 Å². The number of hydrogen-bond acceptors (Lipinski definition) is 7. The second kappa shape index (κ2) is 6.43. The predicted molar refractivity (Wildman–Crippen MR) is 105 cm³/mol. The molecule has 138 valence electrons. The minimum Gasteiger partial charge on any atom is -0.429 e. The van der Waals surface area contributed by atoms with Crippen LogP contribution in [-0.4, -0.2) is 55.4 Å². The molecule has 8 nitrogen and oxygen atoms in total. The summed E-state index contributed by atoms with van der Waals surface area (Å²) in [5, 5.41) is 5.30. The number of benzene rings is 1. The van der Waals surface area contributed by atoms with Crippen LogP contribution < -0.4 is 4.90 Å². The van der Waals surface area contributed by atoms with Crippen molar-refractivity contribution in [2.75, 3.05) is 31.1 Å². The van der Waals surface area contributed by atoms with E-state index in [-0.39, 0.29) is 0 Å². The average Bonchev–Trinajstić information content (AvgIpc) is 3.23. The van der Waals surface area contributed by atoms with E-state index in [2.05, 4.69) is 29.4 Å². The minimum atomic E-state index is 0.520. The molecule has 0 atom stereocenters. The van der Waals surface area contributed by atoms with Crippen molar-refractivity contribution < 1.29 is 4.42 Å². The highest BCUT2D eigenvalue weighted by atomic mass is 32.1. The Morgan fingerprint density at radius 3 is 2.78 bits per heavy atom. The Balaban J connectivity index is 1.34. The number of aromatic nitrogens is 5. The van der Waals surface area contributed by atoms with Gasteiger partial charge in [0.1, 0.15) is 12.1 Å². The van der Waals surface area contributed by atoms with Gasteiger partial charge < -0.3 is 9.32 Å². The summed E-state index contributed by atoms with van der Waals surface area (Å²) in [7, 11) is 1.90. The summed E-state index contributed by atoms with van der Waals surface area (Å²) in [6, 6.07) is 7.97. The van der Waals surface area contributed by atoms with E-state index in [4.69, 9.17) is 16.6 Å². The summed E-state index contributed by atoms with van der Waals surface area (Å²) >= 11 is 5.41. The average molecular weight is 381 g/mol. The second-order valence-corrected chi connectivity index (χ2v) is 7.06. The highest BCUT2D eigenvalue weighted by Crippen LogP contribution is 2.24. The standard InChI is InChI=1S/C18H19N7OS/c1-22-16-13(10-21-22)17(20-11-19-16)24-8-6-23(7-9-24)12-25-14-4-2-3-5-15(14)26-18(25)27/h2-5,10-11H,6-9,12H2,1H3. The molecule has 0 radical (unpaired) electrons. The molecule has 0 aliphatic carbocycles. The molecule has 0 unspecified atom stereocenters. The van der Waals surface area contributed by atoms with Crippen LogP contribution in [0.25, 0.3) is 22.1 Å². The van der Waals surface area contributed by atoms with Gasteiger partial charge in [-0.3, -0.25) is 14.1 Å². The smallest absolute Gasteiger partial charge is 0.270 e. The molecule has 1 aromatic carbocycles. The van der Waals surface area contributed by atoms with Gasteiger partial charge in [0.25, 0.3) is 4.84 Å². The number of nitrogens with zero attached hydrogens (tertiary/aromatic N) is 7. The van der Waals surface area contributed by atoms with Crippen molar-refractivity contribution in [3.8, 4) is 0 Å². The predicted octanol–water partition coefficient (Wildman–Crippen LogP) is 2.42. The van der Waals surface area contributed by atoms with Crippen LogP contribution in [0.3, 0.4) is 0 Å². The first-order valence-corrected chi connectivity index (χ1v) is 9.30. The van der Waals surface area contributed by atoms with Gasteiger partial charge in [-0.2, -0.15) is 5.10 Å². The summed E-state index contributed by atoms with van der Waals surface area (Å²) in [6.07, 6.45) is 3.45. The van der Waals surface area contributed by atoms with E-state index in [0.717, 1.165) is 60.8 Å². The normalized spacial score (nSPS) is 15.8. The van der Waals surface area contributed by atoms with E-state index < -0.39 is 0 Å². The van der Waals surface area contributed by atoms with Crippen LogP contribution in [0.2, 0.25) is 0 Å². The number of aryl methyl sites for hydroxylation is 1. The summed E-state index contributed by atoms with van der Waals surface area (Å²) in [5.41, 5.74) is 2.73. The molecule has 1 saturated heterocycles. The van der Waals surface area contributed by atoms with Gasteiger partial charge in [-0.1, -0.05) is 12.1 Å². The van der Waals surface area contributed by atoms with E-state index in [1.807, 2.05) is 37.5 Å². The molecule has 0 amide bonds. The van der Waals surface area contributed by atoms with Crippen molar-refractivity contribution in [1.29, 1.82) is 0 Å². The van der Waals surface area contributed by atoms with Gasteiger partial charge in [-0.05, 0) is 24.4 Å². The van der Waals surface area contributed by atoms with Gasteiger partial charge >= 0.3 is 0 Å². The summed E-state index contributed by atoms with van der Waals surface area (Å²) < 4.78 is 9.54. The molecule has 0 bridgehead atoms. The van der Waals surface area contributed by atoms with Crippen molar-refractivity contribution in [2.24, 2.45) is 7.05 Å². The van der Waals surface area contributed by atoms with Crippen molar-refractivity contribution in [3.05, 3.63) is 41.6 Å². The molecule has 27 heavy (non-hydrogen) atoms. The maximum absolute atomic E-state index is 5.70. The highest BCUT2D eigenvalue weighted by molar-refractivity contribution is 7.71. The van der Waals surface area contributed by atoms with Gasteiger partial charge in [0, 0.05) is 33.2 Å². The SMILES string of the molecule is Cn1ncc2c(N3CCN(Cn4c(=S)oc5ccccc54)CC3)ncnc21. The molecule has 0 N–H and O–H groups in total. The molecule has 4 aromatic rings. The van der Waals surface area contributed by atoms with Crippen LogP contribution in [-0.2, 0) is 13.7 Å². The van der Waals surface area contributed by atoms with Gasteiger partial charge in [-0.15, -0.1) is 0 Å². The molecule has 0 spiro atoms. The fourth-order valence-corrected chi connectivity index (χ4v) is 3.90. The molecular weight excluding hydrogens is 362 g/mol. The summed E-state index contributed by atoms with van der Waals surface area (Å²) in [6.45, 7) is 4.37. The molecule has 3 aromatic heterocycles. The molecule has 5 rings (SSSR count). The molecule has 1 fully saturated rings. The largest absolute Gasteiger partial charge is 0.429 e. The van der Waals surface area contributed by atoms with Crippen LogP contribution in [0, 0.1) is 4.84 Å². The molecule has 0 saturated carbocycles. The first kappa shape index (κ1) is 16.4. The first-order valence-electron chi connectivity index (χ1n) is 8.89. The van der Waals surface area contributed by atoms with Crippen molar-refractivity contribution in [2.45, 2.75) is 6.67 Å². The van der Waals surface area contributed by atoms with E-state index in [1.165, 1.54) is 0 Å². The van der Waals surface area contributed by atoms with Crippen molar-refractivity contribution in [3.63, 3.8) is 0 Å².